The first kappa shape index (κ1) is 24.0. The van der Waals surface area contributed by atoms with Gasteiger partial charge in [0.25, 0.3) is 0 Å². The molecule has 3 amide bonds. The van der Waals surface area contributed by atoms with Gasteiger partial charge in [0.05, 0.1) is 14.2 Å². The third-order valence-corrected chi connectivity index (χ3v) is 5.95. The maximum Gasteiger partial charge on any atom is 0.317 e. The van der Waals surface area contributed by atoms with Crippen LogP contribution in [0.4, 0.5) is 4.79 Å². The van der Waals surface area contributed by atoms with Gasteiger partial charge < -0.3 is 25.0 Å². The molecule has 1 aliphatic rings. The van der Waals surface area contributed by atoms with E-state index in [1.165, 1.54) is 0 Å². The Labute approximate surface area is 198 Å². The zero-order valence-electron chi connectivity index (χ0n) is 18.2. The van der Waals surface area contributed by atoms with E-state index in [4.69, 9.17) is 32.7 Å². The fourth-order valence-corrected chi connectivity index (χ4v) is 4.10. The van der Waals surface area contributed by atoms with Gasteiger partial charge in [-0.3, -0.25) is 4.79 Å². The summed E-state index contributed by atoms with van der Waals surface area (Å²) in [6.07, 6.45) is 1.54. The molecular formula is C23H27Cl2N3O4. The summed E-state index contributed by atoms with van der Waals surface area (Å²) in [5.41, 5.74) is 3.10. The van der Waals surface area contributed by atoms with Gasteiger partial charge in [0.2, 0.25) is 5.91 Å². The van der Waals surface area contributed by atoms with Gasteiger partial charge in [-0.2, -0.15) is 0 Å². The number of methoxy groups -OCH3 is 2. The highest BCUT2D eigenvalue weighted by Crippen LogP contribution is 2.33. The van der Waals surface area contributed by atoms with Crippen LogP contribution >= 0.6 is 23.2 Å². The van der Waals surface area contributed by atoms with Crippen LogP contribution in [0, 0.1) is 0 Å². The van der Waals surface area contributed by atoms with E-state index < -0.39 is 0 Å². The van der Waals surface area contributed by atoms with Crippen molar-refractivity contribution >= 4 is 35.1 Å². The van der Waals surface area contributed by atoms with Crippen LogP contribution in [0.15, 0.2) is 30.3 Å². The summed E-state index contributed by atoms with van der Waals surface area (Å²) in [7, 11) is 3.20. The van der Waals surface area contributed by atoms with Crippen molar-refractivity contribution in [2.75, 3.05) is 33.9 Å². The molecule has 32 heavy (non-hydrogen) atoms. The van der Waals surface area contributed by atoms with Gasteiger partial charge in [0.15, 0.2) is 11.5 Å². The van der Waals surface area contributed by atoms with Crippen LogP contribution in [0.25, 0.3) is 0 Å². The molecule has 3 rings (SSSR count). The Balaban J connectivity index is 1.40. The highest BCUT2D eigenvalue weighted by Gasteiger charge is 2.22. The second-order valence-corrected chi connectivity index (χ2v) is 8.31. The first-order valence-corrected chi connectivity index (χ1v) is 11.1. The molecular weight excluding hydrogens is 453 g/mol. The number of nitrogens with zero attached hydrogens (tertiary/aromatic N) is 1. The SMILES string of the molecule is COc1cc2c(cc1OC)CN(C(=O)NCCC(=O)NCCc1ccc(Cl)cc1Cl)CC2. The van der Waals surface area contributed by atoms with Crippen LogP contribution in [0.3, 0.4) is 0 Å². The van der Waals surface area contributed by atoms with E-state index in [1.807, 2.05) is 18.2 Å². The van der Waals surface area contributed by atoms with Gasteiger partial charge in [-0.05, 0) is 53.8 Å². The largest absolute Gasteiger partial charge is 0.493 e. The molecule has 0 atom stereocenters. The first-order chi connectivity index (χ1) is 15.4. The molecule has 9 heteroatoms. The van der Waals surface area contributed by atoms with E-state index in [0.29, 0.717) is 47.6 Å². The molecule has 0 radical (unpaired) electrons. The normalized spacial score (nSPS) is 12.7. The third-order valence-electron chi connectivity index (χ3n) is 5.37. The summed E-state index contributed by atoms with van der Waals surface area (Å²) < 4.78 is 10.7. The Morgan fingerprint density at radius 1 is 1.00 bits per heavy atom. The van der Waals surface area contributed by atoms with Crippen molar-refractivity contribution in [1.29, 1.82) is 0 Å². The molecule has 0 spiro atoms. The number of amides is 3. The molecule has 0 fully saturated rings. The third kappa shape index (κ3) is 6.20. The molecule has 2 aromatic rings. The molecule has 0 aromatic heterocycles. The lowest BCUT2D eigenvalue weighted by Crippen LogP contribution is -2.43. The maximum absolute atomic E-state index is 12.5. The first-order valence-electron chi connectivity index (χ1n) is 10.4. The number of urea groups is 1. The number of hydrogen-bond acceptors (Lipinski definition) is 4. The van der Waals surface area contributed by atoms with E-state index >= 15 is 0 Å². The number of carbonyl (C=O) groups excluding carboxylic acids is 2. The van der Waals surface area contributed by atoms with E-state index in [2.05, 4.69) is 10.6 Å². The number of hydrogen-bond donors (Lipinski definition) is 2. The van der Waals surface area contributed by atoms with Crippen molar-refractivity contribution in [2.45, 2.75) is 25.8 Å². The van der Waals surface area contributed by atoms with Gasteiger partial charge >= 0.3 is 6.03 Å². The second kappa shape index (κ2) is 11.3. The van der Waals surface area contributed by atoms with Gasteiger partial charge in [-0.1, -0.05) is 29.3 Å². The van der Waals surface area contributed by atoms with Crippen molar-refractivity contribution in [1.82, 2.24) is 15.5 Å². The maximum atomic E-state index is 12.5. The molecule has 0 saturated heterocycles. The van der Waals surface area contributed by atoms with Crippen molar-refractivity contribution in [3.05, 3.63) is 57.1 Å². The Morgan fingerprint density at radius 3 is 2.41 bits per heavy atom. The van der Waals surface area contributed by atoms with Crippen LogP contribution in [-0.4, -0.2) is 50.7 Å². The summed E-state index contributed by atoms with van der Waals surface area (Å²) in [4.78, 5) is 26.3. The predicted molar refractivity (Wildman–Crippen MR) is 125 cm³/mol. The molecule has 0 aliphatic carbocycles. The molecule has 1 heterocycles. The molecule has 1 aliphatic heterocycles. The van der Waals surface area contributed by atoms with Gasteiger partial charge in [-0.15, -0.1) is 0 Å². The number of benzene rings is 2. The summed E-state index contributed by atoms with van der Waals surface area (Å²) in [5, 5.41) is 6.82. The van der Waals surface area contributed by atoms with Crippen LogP contribution in [0.2, 0.25) is 10.0 Å². The van der Waals surface area contributed by atoms with E-state index in [9.17, 15) is 9.59 Å². The van der Waals surface area contributed by atoms with Crippen molar-refractivity contribution < 1.29 is 19.1 Å². The summed E-state index contributed by atoms with van der Waals surface area (Å²) in [5.74, 6) is 1.20. The Bertz CT molecular complexity index is 984. The minimum absolute atomic E-state index is 0.129. The Morgan fingerprint density at radius 2 is 1.72 bits per heavy atom. The molecule has 0 bridgehead atoms. The molecule has 2 aromatic carbocycles. The number of fused-ring (bicyclic) bond motifs is 1. The predicted octanol–water partition coefficient (Wildman–Crippen LogP) is 3.83. The van der Waals surface area contributed by atoms with Gasteiger partial charge in [0.1, 0.15) is 0 Å². The standard InChI is InChI=1S/C23H27Cl2N3O4/c1-31-20-11-16-7-10-28(14-17(16)12-21(20)32-2)23(30)27-9-6-22(29)26-8-5-15-3-4-18(24)13-19(15)25/h3-4,11-13H,5-10,14H2,1-2H3,(H,26,29)(H,27,30). The van der Waals surface area contributed by atoms with Crippen LogP contribution in [-0.2, 0) is 24.2 Å². The summed E-state index contributed by atoms with van der Waals surface area (Å²) in [6, 6.07) is 8.98. The molecule has 172 valence electrons. The Hall–Kier alpha value is -2.64. The molecule has 7 nitrogen and oxygen atoms in total. The number of halogens is 2. The lowest BCUT2D eigenvalue weighted by atomic mass is 9.99. The zero-order valence-corrected chi connectivity index (χ0v) is 19.7. The summed E-state index contributed by atoms with van der Waals surface area (Å²) >= 11 is 12.0. The number of rotatable bonds is 8. The fourth-order valence-electron chi connectivity index (χ4n) is 3.60. The van der Waals surface area contributed by atoms with Crippen molar-refractivity contribution in [3.63, 3.8) is 0 Å². The highest BCUT2D eigenvalue weighted by atomic mass is 35.5. The van der Waals surface area contributed by atoms with E-state index in [1.54, 1.807) is 31.3 Å². The topological polar surface area (TPSA) is 79.9 Å². The van der Waals surface area contributed by atoms with Gasteiger partial charge in [0, 0.05) is 42.6 Å². The zero-order chi connectivity index (χ0) is 23.1. The molecule has 2 N–H and O–H groups in total. The van der Waals surface area contributed by atoms with Crippen LogP contribution < -0.4 is 20.1 Å². The van der Waals surface area contributed by atoms with E-state index in [0.717, 1.165) is 23.1 Å². The summed E-state index contributed by atoms with van der Waals surface area (Å²) in [6.45, 7) is 1.81. The van der Waals surface area contributed by atoms with Gasteiger partial charge in [-0.25, -0.2) is 4.79 Å². The van der Waals surface area contributed by atoms with Crippen molar-refractivity contribution in [3.8, 4) is 11.5 Å². The van der Waals surface area contributed by atoms with Crippen LogP contribution in [0.5, 0.6) is 11.5 Å². The van der Waals surface area contributed by atoms with Crippen molar-refractivity contribution in [2.24, 2.45) is 0 Å². The average molecular weight is 480 g/mol. The number of carbonyl (C=O) groups is 2. The minimum atomic E-state index is -0.189. The lowest BCUT2D eigenvalue weighted by Gasteiger charge is -2.29. The fraction of sp³-hybridized carbons (Fsp3) is 0.391. The molecule has 0 unspecified atom stereocenters. The van der Waals surface area contributed by atoms with E-state index in [-0.39, 0.29) is 24.9 Å². The monoisotopic (exact) mass is 479 g/mol. The second-order valence-electron chi connectivity index (χ2n) is 7.47. The highest BCUT2D eigenvalue weighted by molar-refractivity contribution is 6.35. The number of ether oxygens (including phenoxy) is 2. The quantitative estimate of drug-likeness (QED) is 0.602. The smallest absolute Gasteiger partial charge is 0.317 e. The number of nitrogens with one attached hydrogen (secondary N) is 2. The Kier molecular flexibility index (Phi) is 8.47. The minimum Gasteiger partial charge on any atom is -0.493 e. The average Bonchev–Trinajstić information content (AvgIpc) is 2.79. The lowest BCUT2D eigenvalue weighted by molar-refractivity contribution is -0.120. The molecule has 0 saturated carbocycles. The van der Waals surface area contributed by atoms with Crippen LogP contribution in [0.1, 0.15) is 23.1 Å².